The van der Waals surface area contributed by atoms with E-state index in [0.29, 0.717) is 0 Å². The monoisotopic (exact) mass is 244 g/mol. The third-order valence-electron chi connectivity index (χ3n) is 0. The molecule has 2 nitrogen and oxygen atoms in total. The standard InChI is InChI=1S/C2H6O.CH4O.Er/c1-2-3;1-2;/h3H,2H2,1H3;2H,1H3;. The second-order valence-electron chi connectivity index (χ2n) is 0.316. The van der Waals surface area contributed by atoms with Gasteiger partial charge in [0.05, 0.1) is 0 Å². The van der Waals surface area contributed by atoms with Crippen molar-refractivity contribution in [3.63, 3.8) is 0 Å². The van der Waals surface area contributed by atoms with Gasteiger partial charge in [-0.1, -0.05) is 0 Å². The normalized spacial score (nSPS) is 4.00. The van der Waals surface area contributed by atoms with Crippen LogP contribution < -0.4 is 0 Å². The van der Waals surface area contributed by atoms with E-state index in [1.54, 1.807) is 6.92 Å². The first-order chi connectivity index (χ1) is 2.41. The fourth-order valence-electron chi connectivity index (χ4n) is 0. The van der Waals surface area contributed by atoms with Crippen molar-refractivity contribution in [1.29, 1.82) is 0 Å². The third kappa shape index (κ3) is 65.9. The Balaban J connectivity index is -0.0000000275. The van der Waals surface area contributed by atoms with Crippen LogP contribution in [0, 0.1) is 37.3 Å². The Morgan fingerprint density at radius 3 is 1.33 bits per heavy atom. The molecular weight excluding hydrogens is 235 g/mol. The molecule has 0 aliphatic heterocycles. The predicted octanol–water partition coefficient (Wildman–Crippen LogP) is -0.393. The van der Waals surface area contributed by atoms with Gasteiger partial charge in [0, 0.05) is 51.0 Å². The molecule has 46 valence electrons. The van der Waals surface area contributed by atoms with Crippen LogP contribution in [-0.4, -0.2) is 23.9 Å². The van der Waals surface area contributed by atoms with Crippen LogP contribution in [0.2, 0.25) is 0 Å². The number of rotatable bonds is 0. The van der Waals surface area contributed by atoms with Crippen molar-refractivity contribution in [2.75, 3.05) is 13.7 Å². The van der Waals surface area contributed by atoms with Crippen LogP contribution in [0.15, 0.2) is 0 Å². The molecule has 2 N–H and O–H groups in total. The quantitative estimate of drug-likeness (QED) is 0.610. The van der Waals surface area contributed by atoms with Crippen molar-refractivity contribution in [2.24, 2.45) is 0 Å². The molecule has 0 fully saturated rings. The summed E-state index contributed by atoms with van der Waals surface area (Å²) < 4.78 is 0. The fraction of sp³-hybridized carbons (Fsp3) is 1.00. The Kier molecular flexibility index (Phi) is 91.7. The maximum Gasteiger partial charge on any atom is 0.0402 e. The molecule has 0 aromatic carbocycles. The van der Waals surface area contributed by atoms with Crippen molar-refractivity contribution < 1.29 is 47.5 Å². The van der Waals surface area contributed by atoms with Crippen LogP contribution in [0.1, 0.15) is 6.92 Å². The molecule has 0 unspecified atom stereocenters. The molecule has 0 saturated heterocycles. The zero-order valence-corrected chi connectivity index (χ0v) is 5.74. The maximum atomic E-state index is 7.57. The van der Waals surface area contributed by atoms with E-state index in [4.69, 9.17) is 10.2 Å². The van der Waals surface area contributed by atoms with Gasteiger partial charge < -0.3 is 10.2 Å². The van der Waals surface area contributed by atoms with Gasteiger partial charge in [-0.2, -0.15) is 0 Å². The van der Waals surface area contributed by atoms with Gasteiger partial charge in [0.1, 0.15) is 0 Å². The molecule has 0 radical (unpaired) electrons. The molecule has 0 heterocycles. The van der Waals surface area contributed by atoms with Crippen LogP contribution in [0.25, 0.3) is 0 Å². The predicted molar refractivity (Wildman–Crippen MR) is 20.9 cm³/mol. The molecule has 6 heavy (non-hydrogen) atoms. The third-order valence-corrected chi connectivity index (χ3v) is 0. The van der Waals surface area contributed by atoms with Crippen LogP contribution in [0.5, 0.6) is 0 Å². The second-order valence-corrected chi connectivity index (χ2v) is 0.316. The zero-order valence-electron chi connectivity index (χ0n) is 3.89. The van der Waals surface area contributed by atoms with E-state index < -0.39 is 0 Å². The molecular formula is C3H10ErO2. The molecule has 0 aliphatic rings. The minimum atomic E-state index is 0. The van der Waals surface area contributed by atoms with E-state index in [1.807, 2.05) is 0 Å². The van der Waals surface area contributed by atoms with Crippen molar-refractivity contribution in [3.05, 3.63) is 0 Å². The van der Waals surface area contributed by atoms with Gasteiger partial charge in [0.2, 0.25) is 0 Å². The van der Waals surface area contributed by atoms with Crippen molar-refractivity contribution in [2.45, 2.75) is 6.92 Å². The van der Waals surface area contributed by atoms with Crippen LogP contribution in [0.3, 0.4) is 0 Å². The van der Waals surface area contributed by atoms with Gasteiger partial charge in [-0.15, -0.1) is 0 Å². The number of aliphatic hydroxyl groups is 2. The molecule has 0 aromatic heterocycles. The smallest absolute Gasteiger partial charge is 0.0402 e. The first-order valence-electron chi connectivity index (χ1n) is 1.47. The summed E-state index contributed by atoms with van der Waals surface area (Å²) in [6.45, 7) is 1.93. The van der Waals surface area contributed by atoms with Gasteiger partial charge in [-0.3, -0.25) is 0 Å². The fourth-order valence-corrected chi connectivity index (χ4v) is 0. The number of hydrogen-bond acceptors (Lipinski definition) is 2. The topological polar surface area (TPSA) is 40.5 Å². The van der Waals surface area contributed by atoms with E-state index in [1.165, 1.54) is 0 Å². The Labute approximate surface area is 67.8 Å². The molecule has 0 bridgehead atoms. The van der Waals surface area contributed by atoms with Gasteiger partial charge in [-0.05, 0) is 6.92 Å². The molecule has 0 aromatic rings. The summed E-state index contributed by atoms with van der Waals surface area (Å²) in [5.74, 6) is 0. The number of hydrogen-bond donors (Lipinski definition) is 2. The molecule has 0 aliphatic carbocycles. The summed E-state index contributed by atoms with van der Waals surface area (Å²) >= 11 is 0. The summed E-state index contributed by atoms with van der Waals surface area (Å²) in [6.07, 6.45) is 0. The van der Waals surface area contributed by atoms with E-state index in [9.17, 15) is 0 Å². The van der Waals surface area contributed by atoms with E-state index in [-0.39, 0.29) is 43.9 Å². The minimum Gasteiger partial charge on any atom is -0.400 e. The van der Waals surface area contributed by atoms with Gasteiger partial charge in [0.25, 0.3) is 0 Å². The molecule has 0 rings (SSSR count). The Bertz CT molecular complexity index is 8.75. The van der Waals surface area contributed by atoms with Crippen LogP contribution in [-0.2, 0) is 0 Å². The second kappa shape index (κ2) is 35.1. The summed E-state index contributed by atoms with van der Waals surface area (Å²) in [5.41, 5.74) is 0. The van der Waals surface area contributed by atoms with E-state index in [2.05, 4.69) is 0 Å². The summed E-state index contributed by atoms with van der Waals surface area (Å²) in [5, 5.41) is 14.6. The van der Waals surface area contributed by atoms with Crippen molar-refractivity contribution in [3.8, 4) is 0 Å². The minimum absolute atomic E-state index is 0. The molecule has 0 spiro atoms. The molecule has 3 heteroatoms. The Hall–Kier alpha value is 1.17. The molecule has 0 amide bonds. The van der Waals surface area contributed by atoms with Crippen LogP contribution >= 0.6 is 0 Å². The van der Waals surface area contributed by atoms with Gasteiger partial charge in [0.15, 0.2) is 0 Å². The van der Waals surface area contributed by atoms with Crippen LogP contribution in [0.4, 0.5) is 0 Å². The van der Waals surface area contributed by atoms with Gasteiger partial charge >= 0.3 is 0 Å². The number of aliphatic hydroxyl groups excluding tert-OH is 2. The summed E-state index contributed by atoms with van der Waals surface area (Å²) in [4.78, 5) is 0. The largest absolute Gasteiger partial charge is 0.400 e. The zero-order chi connectivity index (χ0) is 4.71. The van der Waals surface area contributed by atoms with Crippen molar-refractivity contribution in [1.82, 2.24) is 0 Å². The van der Waals surface area contributed by atoms with E-state index in [0.717, 1.165) is 7.11 Å². The van der Waals surface area contributed by atoms with E-state index >= 15 is 0 Å². The maximum absolute atomic E-state index is 7.57. The summed E-state index contributed by atoms with van der Waals surface area (Å²) in [7, 11) is 1.00. The molecule has 0 saturated carbocycles. The SMILES string of the molecule is CCO.CO.[Er]. The first-order valence-corrected chi connectivity index (χ1v) is 1.47. The van der Waals surface area contributed by atoms with Crippen molar-refractivity contribution >= 4 is 0 Å². The summed E-state index contributed by atoms with van der Waals surface area (Å²) in [6, 6.07) is 0. The Morgan fingerprint density at radius 2 is 1.33 bits per heavy atom. The average Bonchev–Trinajstić information content (AvgIpc) is 1.46. The average molecular weight is 245 g/mol. The van der Waals surface area contributed by atoms with Gasteiger partial charge in [-0.25, -0.2) is 0 Å². The first kappa shape index (κ1) is 15.7. The molecule has 0 atom stereocenters. The Morgan fingerprint density at radius 1 is 1.33 bits per heavy atom.